The second kappa shape index (κ2) is 8.84. The van der Waals surface area contributed by atoms with Gasteiger partial charge in [0.05, 0.1) is 0 Å². The van der Waals surface area contributed by atoms with Crippen LogP contribution >= 0.6 is 0 Å². The summed E-state index contributed by atoms with van der Waals surface area (Å²) < 4.78 is 1.72. The van der Waals surface area contributed by atoms with Crippen LogP contribution in [-0.2, 0) is 0 Å². The van der Waals surface area contributed by atoms with Crippen molar-refractivity contribution in [2.24, 2.45) is 0 Å². The van der Waals surface area contributed by atoms with Crippen molar-refractivity contribution in [3.05, 3.63) is 102 Å². The van der Waals surface area contributed by atoms with Crippen molar-refractivity contribution in [1.29, 1.82) is 0 Å². The number of nitrogen functional groups attached to an aromatic ring is 1. The number of carbonyl (C=O) groups excluding carboxylic acids is 1. The van der Waals surface area contributed by atoms with Gasteiger partial charge in [0, 0.05) is 34.1 Å². The molecule has 2 N–H and O–H groups in total. The summed E-state index contributed by atoms with van der Waals surface area (Å²) in [5.41, 5.74) is 14.7. The van der Waals surface area contributed by atoms with Crippen LogP contribution in [0.3, 0.4) is 0 Å². The summed E-state index contributed by atoms with van der Waals surface area (Å²) in [6.07, 6.45) is 2.63. The molecule has 1 unspecified atom stereocenters. The molecule has 3 aromatic carbocycles. The molecular formula is C32H31N5O. The number of anilines is 2. The molecule has 6 rings (SSSR count). The maximum Gasteiger partial charge on any atom is 0.258 e. The molecule has 1 amide bonds. The molecule has 0 bridgehead atoms. The highest BCUT2D eigenvalue weighted by molar-refractivity contribution is 6.08. The van der Waals surface area contributed by atoms with Crippen molar-refractivity contribution in [3.8, 4) is 22.4 Å². The molecule has 2 aromatic heterocycles. The van der Waals surface area contributed by atoms with Crippen LogP contribution in [0, 0.1) is 6.92 Å². The Hall–Kier alpha value is -4.45. The molecule has 6 nitrogen and oxygen atoms in total. The first-order valence-corrected chi connectivity index (χ1v) is 13.0. The SMILES string of the molecule is Cc1cc2c(cc1-c1ccnn3c(N)nc(-c4ccccc4)c13)C(C)CC(C)(C)N2C(=O)c1ccccc1. The van der Waals surface area contributed by atoms with Crippen LogP contribution in [0.4, 0.5) is 11.6 Å². The molecule has 5 aromatic rings. The highest BCUT2D eigenvalue weighted by Crippen LogP contribution is 2.47. The van der Waals surface area contributed by atoms with Gasteiger partial charge < -0.3 is 10.6 Å². The summed E-state index contributed by atoms with van der Waals surface area (Å²) in [5.74, 6) is 0.656. The fourth-order valence-corrected chi connectivity index (χ4v) is 6.02. The third-order valence-electron chi connectivity index (χ3n) is 7.68. The van der Waals surface area contributed by atoms with E-state index in [1.807, 2.05) is 71.6 Å². The standard InChI is InChI=1S/C32H31N5O/c1-20-17-27-26(21(2)19-32(3,4)36(27)30(38)23-13-9-6-10-14-23)18-25(20)24-15-16-34-37-29(24)28(35-31(37)33)22-11-7-5-8-12-22/h5-18,21H,19H2,1-4H3,(H2,33,35). The fourth-order valence-electron chi connectivity index (χ4n) is 6.02. The molecule has 3 heterocycles. The topological polar surface area (TPSA) is 76.5 Å². The Bertz CT molecular complexity index is 1670. The molecule has 0 radical (unpaired) electrons. The number of rotatable bonds is 3. The van der Waals surface area contributed by atoms with Gasteiger partial charge in [-0.3, -0.25) is 4.79 Å². The first-order chi connectivity index (χ1) is 18.3. The zero-order valence-electron chi connectivity index (χ0n) is 22.1. The van der Waals surface area contributed by atoms with Crippen molar-refractivity contribution in [1.82, 2.24) is 14.6 Å². The van der Waals surface area contributed by atoms with E-state index in [9.17, 15) is 4.79 Å². The summed E-state index contributed by atoms with van der Waals surface area (Å²) in [4.78, 5) is 20.5. The number of carbonyl (C=O) groups is 1. The van der Waals surface area contributed by atoms with E-state index in [1.165, 1.54) is 0 Å². The number of aryl methyl sites for hydroxylation is 1. The summed E-state index contributed by atoms with van der Waals surface area (Å²) >= 11 is 0. The van der Waals surface area contributed by atoms with Crippen LogP contribution < -0.4 is 10.6 Å². The summed E-state index contributed by atoms with van der Waals surface area (Å²) in [6.45, 7) is 8.67. The normalized spacial score (nSPS) is 16.4. The molecular weight excluding hydrogens is 470 g/mol. The Morgan fingerprint density at radius 1 is 0.974 bits per heavy atom. The molecule has 0 aliphatic carbocycles. The third-order valence-corrected chi connectivity index (χ3v) is 7.68. The van der Waals surface area contributed by atoms with Gasteiger partial charge in [-0.1, -0.05) is 55.5 Å². The summed E-state index contributed by atoms with van der Waals surface area (Å²) in [6, 6.07) is 26.1. The quantitative estimate of drug-likeness (QED) is 0.292. The predicted molar refractivity (Wildman–Crippen MR) is 153 cm³/mol. The van der Waals surface area contributed by atoms with Crippen molar-refractivity contribution >= 4 is 23.1 Å². The van der Waals surface area contributed by atoms with Crippen molar-refractivity contribution in [3.63, 3.8) is 0 Å². The van der Waals surface area contributed by atoms with Crippen LogP contribution in [0.15, 0.2) is 85.1 Å². The molecule has 190 valence electrons. The van der Waals surface area contributed by atoms with Gasteiger partial charge in [-0.2, -0.15) is 9.61 Å². The average Bonchev–Trinajstić information content (AvgIpc) is 3.25. The Morgan fingerprint density at radius 3 is 2.37 bits per heavy atom. The van der Waals surface area contributed by atoms with E-state index in [-0.39, 0.29) is 17.4 Å². The van der Waals surface area contributed by atoms with Gasteiger partial charge in [-0.05, 0) is 80.1 Å². The highest BCUT2D eigenvalue weighted by atomic mass is 16.2. The van der Waals surface area contributed by atoms with Gasteiger partial charge in [-0.15, -0.1) is 0 Å². The van der Waals surface area contributed by atoms with Gasteiger partial charge in [0.15, 0.2) is 0 Å². The van der Waals surface area contributed by atoms with Gasteiger partial charge in [0.2, 0.25) is 5.95 Å². The van der Waals surface area contributed by atoms with Crippen LogP contribution in [-0.4, -0.2) is 26.0 Å². The number of hydrogen-bond acceptors (Lipinski definition) is 4. The molecule has 0 spiro atoms. The Kier molecular flexibility index (Phi) is 5.56. The number of fused-ring (bicyclic) bond motifs is 2. The molecule has 0 fully saturated rings. The smallest absolute Gasteiger partial charge is 0.258 e. The predicted octanol–water partition coefficient (Wildman–Crippen LogP) is 6.89. The van der Waals surface area contributed by atoms with Crippen LogP contribution in [0.1, 0.15) is 54.6 Å². The first kappa shape index (κ1) is 23.9. The number of nitrogens with zero attached hydrogens (tertiary/aromatic N) is 4. The van der Waals surface area contributed by atoms with E-state index in [0.29, 0.717) is 11.5 Å². The molecule has 1 aliphatic rings. The van der Waals surface area contributed by atoms with E-state index >= 15 is 0 Å². The van der Waals surface area contributed by atoms with Gasteiger partial charge in [0.25, 0.3) is 5.91 Å². The number of imidazole rings is 1. The minimum atomic E-state index is -0.322. The summed E-state index contributed by atoms with van der Waals surface area (Å²) in [5, 5.41) is 4.51. The molecule has 1 atom stereocenters. The molecule has 0 saturated heterocycles. The van der Waals surface area contributed by atoms with Crippen molar-refractivity contribution < 1.29 is 4.79 Å². The minimum absolute atomic E-state index is 0.0251. The largest absolute Gasteiger partial charge is 0.368 e. The lowest BCUT2D eigenvalue weighted by atomic mass is 9.78. The van der Waals surface area contributed by atoms with Crippen molar-refractivity contribution in [2.45, 2.75) is 45.6 Å². The van der Waals surface area contributed by atoms with E-state index < -0.39 is 0 Å². The summed E-state index contributed by atoms with van der Waals surface area (Å²) in [7, 11) is 0. The molecule has 0 saturated carbocycles. The fraction of sp³-hybridized carbons (Fsp3) is 0.219. The maximum absolute atomic E-state index is 13.8. The van der Waals surface area contributed by atoms with E-state index in [1.54, 1.807) is 10.7 Å². The van der Waals surface area contributed by atoms with Crippen LogP contribution in [0.25, 0.3) is 27.9 Å². The van der Waals surface area contributed by atoms with E-state index in [0.717, 1.165) is 51.1 Å². The van der Waals surface area contributed by atoms with Gasteiger partial charge in [0.1, 0.15) is 11.2 Å². The first-order valence-electron chi connectivity index (χ1n) is 13.0. The lowest BCUT2D eigenvalue weighted by Gasteiger charge is -2.46. The van der Waals surface area contributed by atoms with E-state index in [2.05, 4.69) is 44.9 Å². The molecule has 6 heteroatoms. The zero-order chi connectivity index (χ0) is 26.6. The zero-order valence-corrected chi connectivity index (χ0v) is 22.1. The van der Waals surface area contributed by atoms with Crippen LogP contribution in [0.2, 0.25) is 0 Å². The van der Waals surface area contributed by atoms with Crippen LogP contribution in [0.5, 0.6) is 0 Å². The third kappa shape index (κ3) is 3.76. The van der Waals surface area contributed by atoms with E-state index in [4.69, 9.17) is 10.7 Å². The molecule has 38 heavy (non-hydrogen) atoms. The number of amides is 1. The monoisotopic (exact) mass is 501 g/mol. The lowest BCUT2D eigenvalue weighted by Crippen LogP contribution is -2.51. The molecule has 1 aliphatic heterocycles. The van der Waals surface area contributed by atoms with Gasteiger partial charge in [-0.25, -0.2) is 4.98 Å². The second-order valence-corrected chi connectivity index (χ2v) is 10.8. The van der Waals surface area contributed by atoms with Gasteiger partial charge >= 0.3 is 0 Å². The minimum Gasteiger partial charge on any atom is -0.368 e. The number of benzene rings is 3. The average molecular weight is 502 g/mol. The Balaban J connectivity index is 1.56. The second-order valence-electron chi connectivity index (χ2n) is 10.8. The Labute approximate surface area is 222 Å². The number of hydrogen-bond donors (Lipinski definition) is 1. The maximum atomic E-state index is 13.8. The number of nitrogens with two attached hydrogens (primary N) is 1. The highest BCUT2D eigenvalue weighted by Gasteiger charge is 2.40. The lowest BCUT2D eigenvalue weighted by molar-refractivity contribution is 0.0954. The Morgan fingerprint density at radius 2 is 1.66 bits per heavy atom. The van der Waals surface area contributed by atoms with Crippen molar-refractivity contribution in [2.75, 3.05) is 10.6 Å². The number of aromatic nitrogens is 3.